The summed E-state index contributed by atoms with van der Waals surface area (Å²) in [6.45, 7) is 0.766. The molecule has 0 saturated carbocycles. The van der Waals surface area contributed by atoms with E-state index in [1.165, 1.54) is 5.56 Å². The maximum absolute atomic E-state index is 4.83. The Morgan fingerprint density at radius 3 is 2.25 bits per heavy atom. The van der Waals surface area contributed by atoms with E-state index >= 15 is 0 Å². The lowest BCUT2D eigenvalue weighted by molar-refractivity contribution is 0.893. The second-order valence-corrected chi connectivity index (χ2v) is 7.45. The summed E-state index contributed by atoms with van der Waals surface area (Å²) in [7, 11) is 2.05. The fraction of sp³-hybridized carbons (Fsp3) is 0.0870. The molecule has 4 rings (SSSR count). The zero-order valence-electron chi connectivity index (χ0n) is 15.5. The first-order valence-electron chi connectivity index (χ1n) is 8.99. The van der Waals surface area contributed by atoms with Gasteiger partial charge in [-0.15, -0.1) is 0 Å². The van der Waals surface area contributed by atoms with Gasteiger partial charge in [0.05, 0.1) is 5.69 Å². The Morgan fingerprint density at radius 1 is 0.821 bits per heavy atom. The van der Waals surface area contributed by atoms with Crippen molar-refractivity contribution >= 4 is 21.7 Å². The topological polar surface area (TPSA) is 41.9 Å². The molecular formula is C23H19BrN4. The molecule has 28 heavy (non-hydrogen) atoms. The van der Waals surface area contributed by atoms with Gasteiger partial charge in [-0.05, 0) is 27.6 Å². The fourth-order valence-electron chi connectivity index (χ4n) is 2.98. The molecule has 0 atom stereocenters. The maximum atomic E-state index is 4.83. The van der Waals surface area contributed by atoms with Crippen LogP contribution < -0.4 is 4.90 Å². The highest BCUT2D eigenvalue weighted by Crippen LogP contribution is 2.27. The molecule has 2 aromatic heterocycles. The van der Waals surface area contributed by atoms with Crippen LogP contribution in [0.25, 0.3) is 22.6 Å². The molecule has 4 aromatic rings. The van der Waals surface area contributed by atoms with Crippen LogP contribution >= 0.6 is 15.9 Å². The van der Waals surface area contributed by atoms with Crippen molar-refractivity contribution in [2.45, 2.75) is 6.54 Å². The molecule has 0 amide bonds. The van der Waals surface area contributed by atoms with E-state index in [0.29, 0.717) is 5.82 Å². The number of halogens is 1. The van der Waals surface area contributed by atoms with Gasteiger partial charge in [-0.1, -0.05) is 60.7 Å². The van der Waals surface area contributed by atoms with Gasteiger partial charge in [-0.3, -0.25) is 4.98 Å². The highest BCUT2D eigenvalue weighted by atomic mass is 79.9. The average molecular weight is 431 g/mol. The zero-order chi connectivity index (χ0) is 19.3. The predicted octanol–water partition coefficient (Wildman–Crippen LogP) is 5.60. The first-order valence-corrected chi connectivity index (χ1v) is 9.79. The van der Waals surface area contributed by atoms with E-state index in [1.807, 2.05) is 61.8 Å². The van der Waals surface area contributed by atoms with E-state index in [1.54, 1.807) is 6.20 Å². The van der Waals surface area contributed by atoms with Gasteiger partial charge in [0, 0.05) is 47.7 Å². The quantitative estimate of drug-likeness (QED) is 0.412. The summed E-state index contributed by atoms with van der Waals surface area (Å²) in [5.41, 5.74) is 4.01. The molecule has 0 aliphatic heterocycles. The first-order chi connectivity index (χ1) is 13.7. The molecule has 0 N–H and O–H groups in total. The molecule has 5 heteroatoms. The van der Waals surface area contributed by atoms with Gasteiger partial charge in [0.15, 0.2) is 5.82 Å². The minimum Gasteiger partial charge on any atom is -0.355 e. The lowest BCUT2D eigenvalue weighted by Gasteiger charge is -2.20. The summed E-state index contributed by atoms with van der Waals surface area (Å²) in [6, 6.07) is 24.5. The third-order valence-corrected chi connectivity index (χ3v) is 4.83. The normalized spacial score (nSPS) is 10.6. The second kappa shape index (κ2) is 8.31. The van der Waals surface area contributed by atoms with Crippen LogP contribution in [0.15, 0.2) is 89.7 Å². The highest BCUT2D eigenvalue weighted by molar-refractivity contribution is 9.10. The van der Waals surface area contributed by atoms with E-state index in [9.17, 15) is 0 Å². The van der Waals surface area contributed by atoms with Crippen molar-refractivity contribution < 1.29 is 0 Å². The molecule has 2 aromatic carbocycles. The number of benzene rings is 2. The molecule has 138 valence electrons. The molecule has 0 radical (unpaired) electrons. The minimum atomic E-state index is 0.702. The summed E-state index contributed by atoms with van der Waals surface area (Å²) >= 11 is 3.50. The Balaban J connectivity index is 1.77. The molecule has 0 saturated heterocycles. The van der Waals surface area contributed by atoms with Crippen molar-refractivity contribution in [1.82, 2.24) is 15.0 Å². The largest absolute Gasteiger partial charge is 0.355 e. The predicted molar refractivity (Wildman–Crippen MR) is 117 cm³/mol. The second-order valence-electron chi connectivity index (χ2n) is 6.53. The molecule has 2 heterocycles. The van der Waals surface area contributed by atoms with Crippen LogP contribution in [0.1, 0.15) is 5.56 Å². The number of hydrogen-bond acceptors (Lipinski definition) is 4. The first kappa shape index (κ1) is 18.3. The van der Waals surface area contributed by atoms with Gasteiger partial charge in [0.2, 0.25) is 0 Å². The van der Waals surface area contributed by atoms with Gasteiger partial charge in [-0.2, -0.15) is 0 Å². The van der Waals surface area contributed by atoms with Crippen LogP contribution in [-0.2, 0) is 6.54 Å². The van der Waals surface area contributed by atoms with Crippen molar-refractivity contribution in [2.75, 3.05) is 11.9 Å². The Labute approximate surface area is 173 Å². The Morgan fingerprint density at radius 2 is 1.54 bits per heavy atom. The number of pyridine rings is 1. The van der Waals surface area contributed by atoms with Crippen LogP contribution in [-0.4, -0.2) is 22.0 Å². The number of anilines is 1. The van der Waals surface area contributed by atoms with Crippen LogP contribution in [0.4, 0.5) is 5.82 Å². The molecular weight excluding hydrogens is 412 g/mol. The van der Waals surface area contributed by atoms with Gasteiger partial charge in [0.25, 0.3) is 0 Å². The smallest absolute Gasteiger partial charge is 0.162 e. The summed E-state index contributed by atoms with van der Waals surface area (Å²) in [5.74, 6) is 1.57. The zero-order valence-corrected chi connectivity index (χ0v) is 17.0. The standard InChI is InChI=1S/C23H19BrN4/c1-28(16-17-8-4-2-5-9-17)22-13-21(19-12-20(24)15-25-14-19)26-23(27-22)18-10-6-3-7-11-18/h2-15H,16H2,1H3. The SMILES string of the molecule is CN(Cc1ccccc1)c1cc(-c2cncc(Br)c2)nc(-c2ccccc2)n1. The third kappa shape index (κ3) is 4.26. The van der Waals surface area contributed by atoms with E-state index in [-0.39, 0.29) is 0 Å². The summed E-state index contributed by atoms with van der Waals surface area (Å²) in [6.07, 6.45) is 3.59. The van der Waals surface area contributed by atoms with Crippen molar-refractivity contribution in [1.29, 1.82) is 0 Å². The van der Waals surface area contributed by atoms with E-state index in [4.69, 9.17) is 9.97 Å². The summed E-state index contributed by atoms with van der Waals surface area (Å²) < 4.78 is 0.920. The average Bonchev–Trinajstić information content (AvgIpc) is 2.75. The molecule has 0 spiro atoms. The maximum Gasteiger partial charge on any atom is 0.162 e. The van der Waals surface area contributed by atoms with Gasteiger partial charge in [0.1, 0.15) is 5.82 Å². The van der Waals surface area contributed by atoms with Gasteiger partial charge in [-0.25, -0.2) is 9.97 Å². The summed E-state index contributed by atoms with van der Waals surface area (Å²) in [4.78, 5) is 16.1. The number of hydrogen-bond donors (Lipinski definition) is 0. The Kier molecular flexibility index (Phi) is 5.44. The van der Waals surface area contributed by atoms with E-state index in [0.717, 1.165) is 33.7 Å². The molecule has 0 aliphatic carbocycles. The lowest BCUT2D eigenvalue weighted by atomic mass is 10.1. The monoisotopic (exact) mass is 430 g/mol. The number of aromatic nitrogens is 3. The Hall–Kier alpha value is -3.05. The molecule has 0 aliphatic rings. The summed E-state index contributed by atoms with van der Waals surface area (Å²) in [5, 5.41) is 0. The van der Waals surface area contributed by atoms with Crippen molar-refractivity contribution in [2.24, 2.45) is 0 Å². The van der Waals surface area contributed by atoms with Crippen LogP contribution in [0.3, 0.4) is 0 Å². The number of nitrogens with zero attached hydrogens (tertiary/aromatic N) is 4. The van der Waals surface area contributed by atoms with Gasteiger partial charge >= 0.3 is 0 Å². The molecule has 0 unspecified atom stereocenters. The molecule has 4 nitrogen and oxygen atoms in total. The van der Waals surface area contributed by atoms with Crippen molar-refractivity contribution in [3.05, 3.63) is 95.2 Å². The van der Waals surface area contributed by atoms with Crippen molar-refractivity contribution in [3.63, 3.8) is 0 Å². The minimum absolute atomic E-state index is 0.702. The fourth-order valence-corrected chi connectivity index (χ4v) is 3.35. The van der Waals surface area contributed by atoms with E-state index < -0.39 is 0 Å². The van der Waals surface area contributed by atoms with Crippen molar-refractivity contribution in [3.8, 4) is 22.6 Å². The Bertz CT molecular complexity index is 1070. The number of rotatable bonds is 5. The highest BCUT2D eigenvalue weighted by Gasteiger charge is 2.12. The van der Waals surface area contributed by atoms with Crippen LogP contribution in [0.5, 0.6) is 0 Å². The molecule has 0 bridgehead atoms. The van der Waals surface area contributed by atoms with E-state index in [2.05, 4.69) is 50.1 Å². The van der Waals surface area contributed by atoms with Crippen LogP contribution in [0, 0.1) is 0 Å². The lowest BCUT2D eigenvalue weighted by Crippen LogP contribution is -2.18. The van der Waals surface area contributed by atoms with Gasteiger partial charge < -0.3 is 4.90 Å². The van der Waals surface area contributed by atoms with Crippen LogP contribution in [0.2, 0.25) is 0 Å². The molecule has 0 fully saturated rings. The third-order valence-electron chi connectivity index (χ3n) is 4.40.